The predicted molar refractivity (Wildman–Crippen MR) is 112 cm³/mol. The Balaban J connectivity index is 1.33. The molecule has 0 aliphatic carbocycles. The molecule has 2 heterocycles. The lowest BCUT2D eigenvalue weighted by Crippen LogP contribution is -2.42. The van der Waals surface area contributed by atoms with Crippen LogP contribution in [0.2, 0.25) is 5.02 Å². The molecular weight excluding hydrogens is 372 g/mol. The summed E-state index contributed by atoms with van der Waals surface area (Å²) in [5, 5.41) is 15.8. The van der Waals surface area contributed by atoms with Crippen LogP contribution in [-0.4, -0.2) is 28.3 Å². The maximum Gasteiger partial charge on any atom is 0.151 e. The third-order valence-corrected chi connectivity index (χ3v) is 5.52. The second-order valence-corrected chi connectivity index (χ2v) is 7.71. The van der Waals surface area contributed by atoms with E-state index in [4.69, 9.17) is 16.1 Å². The van der Waals surface area contributed by atoms with Gasteiger partial charge in [0.15, 0.2) is 5.76 Å². The monoisotopic (exact) mass is 394 g/mol. The van der Waals surface area contributed by atoms with Crippen LogP contribution in [-0.2, 0) is 12.1 Å². The highest BCUT2D eigenvalue weighted by Gasteiger charge is 2.34. The van der Waals surface area contributed by atoms with Gasteiger partial charge in [-0.3, -0.25) is 4.90 Å². The highest BCUT2D eigenvalue weighted by Crippen LogP contribution is 2.33. The normalized spacial score (nSPS) is 17.2. The molecule has 0 saturated carbocycles. The number of aliphatic hydroxyl groups is 1. The third-order valence-electron chi connectivity index (χ3n) is 5.27. The van der Waals surface area contributed by atoms with Crippen LogP contribution in [0.3, 0.4) is 0 Å². The molecule has 1 aromatic heterocycles. The van der Waals surface area contributed by atoms with Gasteiger partial charge in [0.25, 0.3) is 0 Å². The number of piperidine rings is 1. The molecule has 0 spiro atoms. The van der Waals surface area contributed by atoms with E-state index in [9.17, 15) is 5.11 Å². The number of likely N-dealkylation sites (tertiary alicyclic amines) is 1. The molecule has 2 aromatic carbocycles. The Morgan fingerprint density at radius 2 is 1.75 bits per heavy atom. The van der Waals surface area contributed by atoms with Gasteiger partial charge in [0.05, 0.1) is 12.1 Å². The zero-order valence-corrected chi connectivity index (χ0v) is 16.3. The minimum Gasteiger partial charge on any atom is -0.385 e. The Labute approximate surface area is 170 Å². The molecule has 0 bridgehead atoms. The lowest BCUT2D eigenvalue weighted by atomic mass is 9.84. The average molecular weight is 395 g/mol. The zero-order chi connectivity index (χ0) is 19.4. The zero-order valence-electron chi connectivity index (χ0n) is 15.6. The molecule has 5 heteroatoms. The van der Waals surface area contributed by atoms with Crippen molar-refractivity contribution >= 4 is 23.8 Å². The molecule has 0 amide bonds. The molecule has 1 aliphatic rings. The van der Waals surface area contributed by atoms with Crippen LogP contribution < -0.4 is 0 Å². The topological polar surface area (TPSA) is 49.5 Å². The summed E-state index contributed by atoms with van der Waals surface area (Å²) >= 11 is 5.96. The summed E-state index contributed by atoms with van der Waals surface area (Å²) in [6.07, 6.45) is 5.35. The van der Waals surface area contributed by atoms with Crippen molar-refractivity contribution in [2.45, 2.75) is 25.0 Å². The molecule has 28 heavy (non-hydrogen) atoms. The molecule has 4 nitrogen and oxygen atoms in total. The van der Waals surface area contributed by atoms with E-state index >= 15 is 0 Å². The number of benzene rings is 2. The Bertz CT molecular complexity index is 927. The van der Waals surface area contributed by atoms with Crippen LogP contribution in [0.5, 0.6) is 0 Å². The van der Waals surface area contributed by atoms with Crippen molar-refractivity contribution in [1.29, 1.82) is 0 Å². The number of rotatable bonds is 5. The average Bonchev–Trinajstić information content (AvgIpc) is 3.17. The molecule has 1 fully saturated rings. The van der Waals surface area contributed by atoms with Crippen LogP contribution >= 0.6 is 11.6 Å². The van der Waals surface area contributed by atoms with Crippen molar-refractivity contribution < 1.29 is 9.63 Å². The van der Waals surface area contributed by atoms with Gasteiger partial charge in [0, 0.05) is 24.2 Å². The second-order valence-electron chi connectivity index (χ2n) is 7.28. The van der Waals surface area contributed by atoms with E-state index in [0.717, 1.165) is 35.7 Å². The second kappa shape index (κ2) is 8.31. The van der Waals surface area contributed by atoms with E-state index in [1.807, 2.05) is 72.8 Å². The molecular formula is C23H23ClN2O2. The first-order valence-electron chi connectivity index (χ1n) is 9.50. The molecule has 1 aliphatic heterocycles. The van der Waals surface area contributed by atoms with Gasteiger partial charge in [-0.2, -0.15) is 0 Å². The highest BCUT2D eigenvalue weighted by atomic mass is 35.5. The van der Waals surface area contributed by atoms with Gasteiger partial charge in [-0.15, -0.1) is 0 Å². The first kappa shape index (κ1) is 18.9. The largest absolute Gasteiger partial charge is 0.385 e. The van der Waals surface area contributed by atoms with E-state index in [1.54, 1.807) is 0 Å². The van der Waals surface area contributed by atoms with Gasteiger partial charge in [0.1, 0.15) is 5.69 Å². The van der Waals surface area contributed by atoms with Crippen LogP contribution in [0.1, 0.15) is 35.4 Å². The third kappa shape index (κ3) is 4.53. The summed E-state index contributed by atoms with van der Waals surface area (Å²) in [5.41, 5.74) is 2.09. The molecule has 144 valence electrons. The van der Waals surface area contributed by atoms with Gasteiger partial charge in [-0.25, -0.2) is 0 Å². The Morgan fingerprint density at radius 1 is 1.04 bits per heavy atom. The quantitative estimate of drug-likeness (QED) is 0.662. The lowest BCUT2D eigenvalue weighted by Gasteiger charge is -2.38. The van der Waals surface area contributed by atoms with Crippen LogP contribution in [0, 0.1) is 0 Å². The first-order valence-corrected chi connectivity index (χ1v) is 9.88. The molecule has 3 aromatic rings. The fourth-order valence-corrected chi connectivity index (χ4v) is 3.70. The summed E-state index contributed by atoms with van der Waals surface area (Å²) in [6, 6.07) is 19.6. The summed E-state index contributed by atoms with van der Waals surface area (Å²) < 4.78 is 5.49. The number of hydrogen-bond acceptors (Lipinski definition) is 4. The van der Waals surface area contributed by atoms with E-state index in [1.165, 1.54) is 0 Å². The number of halogens is 1. The Kier molecular flexibility index (Phi) is 5.62. The smallest absolute Gasteiger partial charge is 0.151 e. The number of nitrogens with zero attached hydrogens (tertiary/aromatic N) is 2. The van der Waals surface area contributed by atoms with E-state index in [-0.39, 0.29) is 0 Å². The standard InChI is InChI=1S/C23H23ClN2O2/c24-20-9-7-19(8-10-20)23(27)12-14-26(15-13-23)17-22-16-21(25-28-22)11-6-18-4-2-1-3-5-18/h1-11,16,27H,12-15,17H2. The SMILES string of the molecule is OC1(c2ccc(Cl)cc2)CCN(Cc2cc(C=Cc3ccccc3)no2)CC1. The summed E-state index contributed by atoms with van der Waals surface area (Å²) in [7, 11) is 0. The summed E-state index contributed by atoms with van der Waals surface area (Å²) in [5.74, 6) is 0.838. The Hall–Kier alpha value is -2.40. The van der Waals surface area contributed by atoms with Crippen molar-refractivity contribution in [1.82, 2.24) is 10.1 Å². The van der Waals surface area contributed by atoms with Crippen molar-refractivity contribution in [3.05, 3.63) is 88.3 Å². The lowest BCUT2D eigenvalue weighted by molar-refractivity contribution is -0.0292. The van der Waals surface area contributed by atoms with Gasteiger partial charge >= 0.3 is 0 Å². The summed E-state index contributed by atoms with van der Waals surface area (Å²) in [4.78, 5) is 2.29. The predicted octanol–water partition coefficient (Wildman–Crippen LogP) is 4.98. The van der Waals surface area contributed by atoms with E-state index < -0.39 is 5.60 Å². The fourth-order valence-electron chi connectivity index (χ4n) is 3.58. The number of hydrogen-bond donors (Lipinski definition) is 1. The first-order chi connectivity index (χ1) is 13.6. The minimum atomic E-state index is -0.786. The number of aromatic nitrogens is 1. The minimum absolute atomic E-state index is 0.684. The van der Waals surface area contributed by atoms with Gasteiger partial charge in [-0.1, -0.05) is 65.3 Å². The Morgan fingerprint density at radius 3 is 2.46 bits per heavy atom. The van der Waals surface area contributed by atoms with Gasteiger partial charge in [0.2, 0.25) is 0 Å². The van der Waals surface area contributed by atoms with Crippen molar-refractivity contribution in [2.24, 2.45) is 0 Å². The molecule has 0 radical (unpaired) electrons. The molecule has 1 saturated heterocycles. The summed E-state index contributed by atoms with van der Waals surface area (Å²) in [6.45, 7) is 2.30. The maximum atomic E-state index is 11.0. The van der Waals surface area contributed by atoms with E-state index in [0.29, 0.717) is 24.4 Å². The highest BCUT2D eigenvalue weighted by molar-refractivity contribution is 6.30. The molecule has 4 rings (SSSR count). The van der Waals surface area contributed by atoms with Crippen molar-refractivity contribution in [3.63, 3.8) is 0 Å². The van der Waals surface area contributed by atoms with Crippen LogP contribution in [0.15, 0.2) is 65.2 Å². The van der Waals surface area contributed by atoms with Crippen LogP contribution in [0.4, 0.5) is 0 Å². The van der Waals surface area contributed by atoms with Gasteiger partial charge < -0.3 is 9.63 Å². The fraction of sp³-hybridized carbons (Fsp3) is 0.261. The molecule has 1 N–H and O–H groups in total. The van der Waals surface area contributed by atoms with E-state index in [2.05, 4.69) is 10.1 Å². The van der Waals surface area contributed by atoms with Crippen molar-refractivity contribution in [3.8, 4) is 0 Å². The maximum absolute atomic E-state index is 11.0. The van der Waals surface area contributed by atoms with Gasteiger partial charge in [-0.05, 0) is 42.2 Å². The molecule has 0 atom stereocenters. The molecule has 0 unspecified atom stereocenters. The van der Waals surface area contributed by atoms with Crippen molar-refractivity contribution in [2.75, 3.05) is 13.1 Å². The van der Waals surface area contributed by atoms with Crippen LogP contribution in [0.25, 0.3) is 12.2 Å².